The van der Waals surface area contributed by atoms with Crippen LogP contribution < -0.4 is 0 Å². The highest BCUT2D eigenvalue weighted by atomic mass is 35.6. The van der Waals surface area contributed by atoms with Crippen molar-refractivity contribution in [3.8, 4) is 0 Å². The second kappa shape index (κ2) is 9.51. The van der Waals surface area contributed by atoms with Gasteiger partial charge in [0.05, 0.1) is 13.2 Å². The molecule has 0 spiro atoms. The molecule has 0 N–H and O–H groups in total. The van der Waals surface area contributed by atoms with Gasteiger partial charge >= 0.3 is 7.87 Å². The Morgan fingerprint density at radius 1 is 0.564 bits per heavy atom. The molecule has 0 amide bonds. The molecule has 6 saturated heterocycles. The van der Waals surface area contributed by atoms with Crippen LogP contribution in [0.4, 0.5) is 0 Å². The van der Waals surface area contributed by atoms with Crippen molar-refractivity contribution in [2.45, 2.75) is 146 Å². The predicted molar refractivity (Wildman–Crippen MR) is 134 cm³/mol. The molecular weight excluding hydrogens is 556 g/mol. The lowest BCUT2D eigenvalue weighted by Gasteiger charge is -2.36. The summed E-state index contributed by atoms with van der Waals surface area (Å²) in [6, 6.07) is 0. The fourth-order valence-corrected chi connectivity index (χ4v) is 8.33. The van der Waals surface area contributed by atoms with E-state index in [1.54, 1.807) is 6.55 Å². The van der Waals surface area contributed by atoms with E-state index in [4.69, 9.17) is 67.3 Å². The number of ether oxygens (including phenoxy) is 10. The third kappa shape index (κ3) is 5.83. The van der Waals surface area contributed by atoms with Gasteiger partial charge in [0.25, 0.3) is 0 Å². The van der Waals surface area contributed by atoms with Gasteiger partial charge in [0.15, 0.2) is 35.7 Å². The quantitative estimate of drug-likeness (QED) is 0.332. The van der Waals surface area contributed by atoms with Crippen molar-refractivity contribution >= 4 is 18.9 Å². The number of hydrogen-bond acceptors (Lipinski definition) is 12. The Kier molecular flexibility index (Phi) is 7.10. The summed E-state index contributed by atoms with van der Waals surface area (Å²) in [6.07, 6.45) is -5.53. The van der Waals surface area contributed by atoms with Crippen LogP contribution in [0.3, 0.4) is 0 Å². The van der Waals surface area contributed by atoms with Crippen molar-refractivity contribution < 1.29 is 56.2 Å². The van der Waals surface area contributed by atoms with Crippen LogP contribution in [0.15, 0.2) is 0 Å². The summed E-state index contributed by atoms with van der Waals surface area (Å²) in [7, 11) is -3.45. The number of hydrogen-bond donors (Lipinski definition) is 0. The first-order valence-electron chi connectivity index (χ1n) is 13.6. The minimum Gasteiger partial charge on any atom is -0.374 e. The van der Waals surface area contributed by atoms with Crippen molar-refractivity contribution in [3.63, 3.8) is 0 Å². The molecule has 6 heterocycles. The SMILES string of the molecule is CC1(C)O[C@H]2O[C@H]([C@H]3COC(C)(C)O3)[C@H](O[Si](C)(Cl)O[C@@H]3[C@H]4OC(C)(C)O[C@H]4O[C@@H]3[C@H]3COC(C)(C)O3)[C@H]2O1. The molecule has 6 aliphatic heterocycles. The first-order chi connectivity index (χ1) is 17.9. The topological polar surface area (TPSA) is 111 Å². The van der Waals surface area contributed by atoms with Crippen LogP contribution in [0.2, 0.25) is 6.55 Å². The number of rotatable bonds is 6. The van der Waals surface area contributed by atoms with Crippen LogP contribution in [0.1, 0.15) is 55.4 Å². The van der Waals surface area contributed by atoms with Gasteiger partial charge in [-0.15, -0.1) is 0 Å². The van der Waals surface area contributed by atoms with Crippen LogP contribution in [0, 0.1) is 0 Å². The standard InChI is InChI=1S/C25H41ClO12Si/c1-22(2)27-10-12(31-22)14-16(18-20(29-14)35-24(5,6)33-18)37-39(9,26)38-17-15(13-11-28-23(3,4)32-13)30-21-19(17)34-25(7,8)36-21/h12-21H,10-11H2,1-9H3/t12-,13-,14-,15-,16+,17+,18-,19-,20-,21-/m1/s1. The molecule has 0 bridgehead atoms. The Morgan fingerprint density at radius 2 is 0.949 bits per heavy atom. The van der Waals surface area contributed by atoms with Crippen molar-refractivity contribution in [1.82, 2.24) is 0 Å². The third-order valence-electron chi connectivity index (χ3n) is 7.54. The zero-order valence-electron chi connectivity index (χ0n) is 24.0. The minimum atomic E-state index is -3.45. The van der Waals surface area contributed by atoms with E-state index in [0.717, 1.165) is 0 Å². The van der Waals surface area contributed by atoms with Gasteiger partial charge in [0.2, 0.25) is 0 Å². The molecule has 0 radical (unpaired) electrons. The van der Waals surface area contributed by atoms with Gasteiger partial charge in [0.1, 0.15) is 48.8 Å². The van der Waals surface area contributed by atoms with Gasteiger partial charge < -0.3 is 56.2 Å². The lowest BCUT2D eigenvalue weighted by Crippen LogP contribution is -2.54. The van der Waals surface area contributed by atoms with E-state index in [2.05, 4.69) is 0 Å². The fraction of sp³-hybridized carbons (Fsp3) is 1.00. The smallest absolute Gasteiger partial charge is 0.374 e. The zero-order chi connectivity index (χ0) is 28.2. The molecule has 0 aromatic heterocycles. The Balaban J connectivity index is 1.22. The maximum Gasteiger partial charge on any atom is 0.440 e. The molecule has 0 aliphatic carbocycles. The first-order valence-corrected chi connectivity index (χ1v) is 16.9. The van der Waals surface area contributed by atoms with Crippen molar-refractivity contribution in [1.29, 1.82) is 0 Å². The number of fused-ring (bicyclic) bond motifs is 2. The van der Waals surface area contributed by atoms with Crippen LogP contribution in [0.5, 0.6) is 0 Å². The Labute approximate surface area is 234 Å². The predicted octanol–water partition coefficient (Wildman–Crippen LogP) is 2.62. The van der Waals surface area contributed by atoms with Gasteiger partial charge in [-0.05, 0) is 61.9 Å². The van der Waals surface area contributed by atoms with E-state index in [9.17, 15) is 0 Å². The largest absolute Gasteiger partial charge is 0.440 e. The minimum absolute atomic E-state index is 0.332. The average Bonchev–Trinajstić information content (AvgIpc) is 3.57. The Bertz CT molecular complexity index is 874. The molecule has 0 aromatic rings. The maximum atomic E-state index is 7.12. The summed E-state index contributed by atoms with van der Waals surface area (Å²) in [5, 5.41) is 0. The molecule has 224 valence electrons. The lowest BCUT2D eigenvalue weighted by molar-refractivity contribution is -0.235. The summed E-state index contributed by atoms with van der Waals surface area (Å²) < 4.78 is 74.0. The maximum absolute atomic E-state index is 7.12. The van der Waals surface area contributed by atoms with Gasteiger partial charge in [-0.2, -0.15) is 0 Å². The lowest BCUT2D eigenvalue weighted by atomic mass is 10.1. The second-order valence-corrected chi connectivity index (χ2v) is 17.1. The van der Waals surface area contributed by atoms with Crippen LogP contribution in [0.25, 0.3) is 0 Å². The summed E-state index contributed by atoms with van der Waals surface area (Å²) >= 11 is 7.12. The summed E-state index contributed by atoms with van der Waals surface area (Å²) in [5.41, 5.74) is 0. The Morgan fingerprint density at radius 3 is 1.28 bits per heavy atom. The summed E-state index contributed by atoms with van der Waals surface area (Å²) in [4.78, 5) is 0. The van der Waals surface area contributed by atoms with Gasteiger partial charge in [-0.3, -0.25) is 0 Å². The molecule has 10 atom stereocenters. The van der Waals surface area contributed by atoms with E-state index in [1.807, 2.05) is 55.4 Å². The van der Waals surface area contributed by atoms with E-state index in [0.29, 0.717) is 13.2 Å². The first kappa shape index (κ1) is 29.1. The van der Waals surface area contributed by atoms with E-state index in [1.165, 1.54) is 0 Å². The zero-order valence-corrected chi connectivity index (χ0v) is 25.7. The van der Waals surface area contributed by atoms with Crippen LogP contribution in [-0.2, 0) is 56.2 Å². The molecule has 0 saturated carbocycles. The molecule has 14 heteroatoms. The van der Waals surface area contributed by atoms with E-state index >= 15 is 0 Å². The average molecular weight is 597 g/mol. The third-order valence-corrected chi connectivity index (χ3v) is 9.46. The molecular formula is C25H41ClO12Si. The summed E-state index contributed by atoms with van der Waals surface area (Å²) in [6.45, 7) is 17.2. The molecule has 39 heavy (non-hydrogen) atoms. The highest BCUT2D eigenvalue weighted by molar-refractivity contribution is 7.12. The molecule has 0 aromatic carbocycles. The van der Waals surface area contributed by atoms with E-state index < -0.39 is 92.4 Å². The van der Waals surface area contributed by atoms with E-state index in [-0.39, 0.29) is 0 Å². The van der Waals surface area contributed by atoms with Gasteiger partial charge in [-0.1, -0.05) is 11.1 Å². The van der Waals surface area contributed by atoms with Crippen LogP contribution in [-0.4, -0.2) is 106 Å². The van der Waals surface area contributed by atoms with Gasteiger partial charge in [-0.25, -0.2) is 0 Å². The highest BCUT2D eigenvalue weighted by Gasteiger charge is 2.63. The van der Waals surface area contributed by atoms with Gasteiger partial charge in [0, 0.05) is 0 Å². The molecule has 6 rings (SSSR count). The fourth-order valence-electron chi connectivity index (χ4n) is 6.14. The molecule has 6 aliphatic rings. The van der Waals surface area contributed by atoms with Crippen molar-refractivity contribution in [2.75, 3.05) is 13.2 Å². The van der Waals surface area contributed by atoms with Crippen molar-refractivity contribution in [3.05, 3.63) is 0 Å². The summed E-state index contributed by atoms with van der Waals surface area (Å²) in [5.74, 6) is -3.18. The molecule has 12 nitrogen and oxygen atoms in total. The number of halogens is 1. The molecule has 6 fully saturated rings. The molecule has 0 unspecified atom stereocenters. The highest BCUT2D eigenvalue weighted by Crippen LogP contribution is 2.46. The normalized spacial score (nSPS) is 47.5. The Hall–Kier alpha value is 0.0269. The van der Waals surface area contributed by atoms with Crippen molar-refractivity contribution in [2.24, 2.45) is 0 Å². The monoisotopic (exact) mass is 596 g/mol. The second-order valence-electron chi connectivity index (χ2n) is 12.9. The van der Waals surface area contributed by atoms with Crippen LogP contribution >= 0.6 is 11.1 Å².